The molecular weight excluding hydrogens is 308 g/mol. The Kier molecular flexibility index (Phi) is 4.93. The van der Waals surface area contributed by atoms with Crippen molar-refractivity contribution in [3.8, 4) is 0 Å². The Morgan fingerprint density at radius 1 is 1.53 bits per heavy atom. The second kappa shape index (κ2) is 6.48. The third-order valence-electron chi connectivity index (χ3n) is 3.79. The first kappa shape index (κ1) is 14.5. The molecule has 0 aliphatic carbocycles. The molecule has 5 heteroatoms. The monoisotopic (exact) mass is 326 g/mol. The molecule has 1 aromatic carbocycles. The standard InChI is InChI=1S/C14H19BrN2O2/c1-2-11-4-3-7-16(9-11)10-12-5-6-13(15)14(8-12)17(18)19/h5-6,8,11H,2-4,7,9-10H2,1H3. The molecule has 1 unspecified atom stereocenters. The molecular formula is C14H19BrN2O2. The van der Waals surface area contributed by atoms with Gasteiger partial charge < -0.3 is 0 Å². The third-order valence-corrected chi connectivity index (χ3v) is 4.46. The van der Waals surface area contributed by atoms with E-state index in [4.69, 9.17) is 0 Å². The lowest BCUT2D eigenvalue weighted by Gasteiger charge is -2.32. The summed E-state index contributed by atoms with van der Waals surface area (Å²) in [6.45, 7) is 5.25. The topological polar surface area (TPSA) is 46.4 Å². The number of piperidine rings is 1. The largest absolute Gasteiger partial charge is 0.299 e. The summed E-state index contributed by atoms with van der Waals surface area (Å²) < 4.78 is 0.548. The van der Waals surface area contributed by atoms with Gasteiger partial charge in [0.15, 0.2) is 0 Å². The smallest absolute Gasteiger partial charge is 0.283 e. The van der Waals surface area contributed by atoms with Crippen LogP contribution in [0.2, 0.25) is 0 Å². The summed E-state index contributed by atoms with van der Waals surface area (Å²) in [5.74, 6) is 0.777. The molecule has 1 aliphatic heterocycles. The number of hydrogen-bond donors (Lipinski definition) is 0. The minimum atomic E-state index is -0.335. The number of halogens is 1. The molecule has 0 spiro atoms. The van der Waals surface area contributed by atoms with Gasteiger partial charge in [0.2, 0.25) is 0 Å². The zero-order chi connectivity index (χ0) is 13.8. The molecule has 1 atom stereocenters. The average molecular weight is 327 g/mol. The van der Waals surface area contributed by atoms with Crippen LogP contribution in [0.15, 0.2) is 22.7 Å². The maximum absolute atomic E-state index is 10.9. The van der Waals surface area contributed by atoms with Gasteiger partial charge in [-0.2, -0.15) is 0 Å². The molecule has 19 heavy (non-hydrogen) atoms. The van der Waals surface area contributed by atoms with Crippen LogP contribution in [-0.2, 0) is 6.54 Å². The fourth-order valence-corrected chi connectivity index (χ4v) is 3.07. The Morgan fingerprint density at radius 3 is 3.00 bits per heavy atom. The predicted molar refractivity (Wildman–Crippen MR) is 79.1 cm³/mol. The van der Waals surface area contributed by atoms with Gasteiger partial charge in [0.05, 0.1) is 9.40 Å². The highest BCUT2D eigenvalue weighted by molar-refractivity contribution is 9.10. The van der Waals surface area contributed by atoms with E-state index in [2.05, 4.69) is 27.8 Å². The van der Waals surface area contributed by atoms with Gasteiger partial charge in [-0.05, 0) is 52.9 Å². The zero-order valence-electron chi connectivity index (χ0n) is 11.1. The van der Waals surface area contributed by atoms with E-state index in [0.717, 1.165) is 31.1 Å². The van der Waals surface area contributed by atoms with Gasteiger partial charge in [-0.15, -0.1) is 0 Å². The summed E-state index contributed by atoms with van der Waals surface area (Å²) in [6, 6.07) is 5.42. The number of benzene rings is 1. The summed E-state index contributed by atoms with van der Waals surface area (Å²) in [4.78, 5) is 13.0. The molecule has 0 amide bonds. The van der Waals surface area contributed by atoms with E-state index in [1.54, 1.807) is 12.1 Å². The second-order valence-corrected chi connectivity index (χ2v) is 6.05. The molecule has 1 aromatic rings. The van der Waals surface area contributed by atoms with Gasteiger partial charge >= 0.3 is 0 Å². The molecule has 0 aromatic heterocycles. The van der Waals surface area contributed by atoms with Gasteiger partial charge in [-0.3, -0.25) is 15.0 Å². The SMILES string of the molecule is CCC1CCCN(Cc2ccc(Br)c([N+](=O)[O-])c2)C1. The Morgan fingerprint density at radius 2 is 2.32 bits per heavy atom. The van der Waals surface area contributed by atoms with E-state index in [1.807, 2.05) is 6.07 Å². The highest BCUT2D eigenvalue weighted by atomic mass is 79.9. The maximum atomic E-state index is 10.9. The summed E-state index contributed by atoms with van der Waals surface area (Å²) >= 11 is 3.22. The molecule has 1 fully saturated rings. The van der Waals surface area contributed by atoms with Crippen molar-refractivity contribution in [1.82, 2.24) is 4.90 Å². The molecule has 1 heterocycles. The van der Waals surface area contributed by atoms with Gasteiger partial charge in [0.1, 0.15) is 0 Å². The number of nitrogens with zero attached hydrogens (tertiary/aromatic N) is 2. The van der Waals surface area contributed by atoms with E-state index >= 15 is 0 Å². The van der Waals surface area contributed by atoms with Gasteiger partial charge in [0.25, 0.3) is 5.69 Å². The van der Waals surface area contributed by atoms with Crippen LogP contribution in [0, 0.1) is 16.0 Å². The molecule has 1 aliphatic rings. The first-order valence-electron chi connectivity index (χ1n) is 6.75. The Labute approximate surface area is 122 Å². The normalized spacial score (nSPS) is 20.4. The number of rotatable bonds is 4. The molecule has 2 rings (SSSR count). The van der Waals surface area contributed by atoms with Gasteiger partial charge in [-0.25, -0.2) is 0 Å². The van der Waals surface area contributed by atoms with E-state index in [0.29, 0.717) is 4.47 Å². The lowest BCUT2D eigenvalue weighted by atomic mass is 9.95. The molecule has 104 valence electrons. The number of nitro benzene ring substituents is 1. The third kappa shape index (κ3) is 3.76. The highest BCUT2D eigenvalue weighted by Crippen LogP contribution is 2.27. The molecule has 0 radical (unpaired) electrons. The zero-order valence-corrected chi connectivity index (χ0v) is 12.7. The van der Waals surface area contributed by atoms with Gasteiger partial charge in [-0.1, -0.05) is 19.4 Å². The maximum Gasteiger partial charge on any atom is 0.283 e. The van der Waals surface area contributed by atoms with Crippen LogP contribution < -0.4 is 0 Å². The minimum Gasteiger partial charge on any atom is -0.299 e. The summed E-state index contributed by atoms with van der Waals surface area (Å²) in [6.07, 6.45) is 3.77. The minimum absolute atomic E-state index is 0.154. The first-order valence-corrected chi connectivity index (χ1v) is 7.54. The van der Waals surface area contributed by atoms with E-state index in [-0.39, 0.29) is 10.6 Å². The van der Waals surface area contributed by atoms with Crippen molar-refractivity contribution in [3.63, 3.8) is 0 Å². The van der Waals surface area contributed by atoms with Gasteiger partial charge in [0, 0.05) is 19.2 Å². The summed E-state index contributed by atoms with van der Waals surface area (Å²) in [5.41, 5.74) is 1.17. The van der Waals surface area contributed by atoms with Crippen LogP contribution in [-0.4, -0.2) is 22.9 Å². The van der Waals surface area contributed by atoms with Crippen LogP contribution in [0.3, 0.4) is 0 Å². The van der Waals surface area contributed by atoms with Crippen molar-refractivity contribution in [3.05, 3.63) is 38.3 Å². The van der Waals surface area contributed by atoms with Crippen molar-refractivity contribution in [2.45, 2.75) is 32.7 Å². The Hall–Kier alpha value is -0.940. The second-order valence-electron chi connectivity index (χ2n) is 5.19. The van der Waals surface area contributed by atoms with Crippen LogP contribution in [0.1, 0.15) is 31.7 Å². The molecule has 0 bridgehead atoms. The van der Waals surface area contributed by atoms with Crippen molar-refractivity contribution >= 4 is 21.6 Å². The van der Waals surface area contributed by atoms with Crippen molar-refractivity contribution in [1.29, 1.82) is 0 Å². The predicted octanol–water partition coefficient (Wildman–Crippen LogP) is 3.98. The van der Waals surface area contributed by atoms with Crippen molar-refractivity contribution < 1.29 is 4.92 Å². The lowest BCUT2D eigenvalue weighted by molar-refractivity contribution is -0.385. The molecule has 0 N–H and O–H groups in total. The van der Waals surface area contributed by atoms with E-state index < -0.39 is 0 Å². The van der Waals surface area contributed by atoms with Crippen LogP contribution in [0.5, 0.6) is 0 Å². The summed E-state index contributed by atoms with van der Waals surface area (Å²) in [7, 11) is 0. The Balaban J connectivity index is 2.06. The lowest BCUT2D eigenvalue weighted by Crippen LogP contribution is -2.34. The van der Waals surface area contributed by atoms with E-state index in [9.17, 15) is 10.1 Å². The average Bonchev–Trinajstić information content (AvgIpc) is 2.41. The van der Waals surface area contributed by atoms with E-state index in [1.165, 1.54) is 19.3 Å². The molecule has 0 saturated carbocycles. The highest BCUT2D eigenvalue weighted by Gasteiger charge is 2.19. The van der Waals surface area contributed by atoms with Crippen LogP contribution >= 0.6 is 15.9 Å². The summed E-state index contributed by atoms with van der Waals surface area (Å²) in [5, 5.41) is 10.9. The first-order chi connectivity index (χ1) is 9.10. The molecule has 1 saturated heterocycles. The fourth-order valence-electron chi connectivity index (χ4n) is 2.68. The van der Waals surface area contributed by atoms with Crippen LogP contribution in [0.25, 0.3) is 0 Å². The number of hydrogen-bond acceptors (Lipinski definition) is 3. The fraction of sp³-hybridized carbons (Fsp3) is 0.571. The quantitative estimate of drug-likeness (QED) is 0.621. The van der Waals surface area contributed by atoms with Crippen molar-refractivity contribution in [2.24, 2.45) is 5.92 Å². The van der Waals surface area contributed by atoms with Crippen LogP contribution in [0.4, 0.5) is 5.69 Å². The Bertz CT molecular complexity index is 465. The number of nitro groups is 1. The number of likely N-dealkylation sites (tertiary alicyclic amines) is 1. The van der Waals surface area contributed by atoms with Crippen molar-refractivity contribution in [2.75, 3.05) is 13.1 Å². The molecule has 4 nitrogen and oxygen atoms in total.